The number of rotatable bonds is 5. The number of hydrogen-bond donors (Lipinski definition) is 1. The first-order valence-corrected chi connectivity index (χ1v) is 12.8. The van der Waals surface area contributed by atoms with Crippen LogP contribution in [0.25, 0.3) is 0 Å². The van der Waals surface area contributed by atoms with Crippen LogP contribution < -0.4 is 0 Å². The Morgan fingerprint density at radius 2 is 1.58 bits per heavy atom. The van der Waals surface area contributed by atoms with Crippen LogP contribution in [0, 0.1) is 17.8 Å². The van der Waals surface area contributed by atoms with Crippen molar-refractivity contribution in [2.45, 2.75) is 60.4 Å². The number of fused-ring (bicyclic) bond motifs is 2. The molecule has 1 N–H and O–H groups in total. The van der Waals surface area contributed by atoms with Crippen LogP contribution in [0.5, 0.6) is 0 Å². The molecule has 3 aliphatic rings. The van der Waals surface area contributed by atoms with Crippen LogP contribution in [-0.4, -0.2) is 51.7 Å². The Kier molecular flexibility index (Phi) is 7.69. The summed E-state index contributed by atoms with van der Waals surface area (Å²) in [4.78, 5) is 27.7. The molecule has 2 bridgehead atoms. The second-order valence-electron chi connectivity index (χ2n) is 9.51. The Morgan fingerprint density at radius 3 is 2.15 bits per heavy atom. The van der Waals surface area contributed by atoms with Crippen LogP contribution >= 0.6 is 34.8 Å². The molecule has 182 valence electrons. The Labute approximate surface area is 209 Å². The van der Waals surface area contributed by atoms with Crippen LogP contribution in [0.4, 0.5) is 4.79 Å². The number of amides is 1. The van der Waals surface area contributed by atoms with Gasteiger partial charge in [-0.15, -0.1) is 0 Å². The molecule has 4 atom stereocenters. The van der Waals surface area contributed by atoms with Gasteiger partial charge in [0.15, 0.2) is 5.60 Å². The maximum Gasteiger partial charge on any atom is 0.409 e. The van der Waals surface area contributed by atoms with Crippen molar-refractivity contribution in [3.8, 4) is 0 Å². The van der Waals surface area contributed by atoms with Gasteiger partial charge in [0.2, 0.25) is 3.79 Å². The van der Waals surface area contributed by atoms with Gasteiger partial charge in [-0.25, -0.2) is 9.59 Å². The number of nitrogens with zero attached hydrogens (tertiary/aromatic N) is 1. The maximum absolute atomic E-state index is 13.6. The number of likely N-dealkylation sites (tertiary alicyclic amines) is 1. The average molecular weight is 519 g/mol. The van der Waals surface area contributed by atoms with Crippen molar-refractivity contribution < 1.29 is 24.2 Å². The number of halogens is 3. The number of benzene rings is 1. The lowest BCUT2D eigenvalue weighted by Crippen LogP contribution is -2.56. The summed E-state index contributed by atoms with van der Waals surface area (Å²) < 4.78 is 9.59. The third-order valence-electron chi connectivity index (χ3n) is 7.32. The minimum Gasteiger partial charge on any atom is -0.459 e. The predicted octanol–water partition coefficient (Wildman–Crippen LogP) is 5.21. The lowest BCUT2D eigenvalue weighted by Gasteiger charge is -2.47. The molecule has 1 aromatic rings. The van der Waals surface area contributed by atoms with Gasteiger partial charge in [-0.3, -0.25) is 0 Å². The average Bonchev–Trinajstić information content (AvgIpc) is 3.32. The monoisotopic (exact) mass is 517 g/mol. The number of hydrogen-bond acceptors (Lipinski definition) is 5. The summed E-state index contributed by atoms with van der Waals surface area (Å²) in [6.07, 6.45) is 5.36. The molecule has 9 heteroatoms. The molecule has 3 fully saturated rings. The van der Waals surface area contributed by atoms with E-state index in [4.69, 9.17) is 44.3 Å². The molecule has 2 aliphatic carbocycles. The molecule has 4 rings (SSSR count). The van der Waals surface area contributed by atoms with E-state index in [1.807, 2.05) is 18.2 Å². The summed E-state index contributed by atoms with van der Waals surface area (Å²) in [6.45, 7) is 0.479. The highest BCUT2D eigenvalue weighted by Gasteiger charge is 2.51. The first-order chi connectivity index (χ1) is 15.7. The fourth-order valence-electron chi connectivity index (χ4n) is 5.73. The first kappa shape index (κ1) is 24.9. The number of esters is 1. The summed E-state index contributed by atoms with van der Waals surface area (Å²) in [5.41, 5.74) is -1.08. The maximum atomic E-state index is 13.6. The van der Waals surface area contributed by atoms with Crippen molar-refractivity contribution >= 4 is 46.9 Å². The zero-order valence-electron chi connectivity index (χ0n) is 18.4. The van der Waals surface area contributed by atoms with Gasteiger partial charge in [0.05, 0.1) is 0 Å². The number of ether oxygens (including phenoxy) is 2. The summed E-state index contributed by atoms with van der Waals surface area (Å²) >= 11 is 17.1. The highest BCUT2D eigenvalue weighted by Crippen LogP contribution is 2.44. The lowest BCUT2D eigenvalue weighted by atomic mass is 9.74. The van der Waals surface area contributed by atoms with E-state index in [0.717, 1.165) is 44.9 Å². The number of alkyl halides is 3. The van der Waals surface area contributed by atoms with Crippen molar-refractivity contribution in [3.05, 3.63) is 35.9 Å². The van der Waals surface area contributed by atoms with E-state index >= 15 is 0 Å². The van der Waals surface area contributed by atoms with Crippen LogP contribution in [0.2, 0.25) is 0 Å². The van der Waals surface area contributed by atoms with E-state index in [9.17, 15) is 14.7 Å². The van der Waals surface area contributed by atoms with Gasteiger partial charge in [0, 0.05) is 30.8 Å². The molecule has 1 aliphatic heterocycles. The number of piperidine rings is 1. The van der Waals surface area contributed by atoms with Crippen molar-refractivity contribution in [2.24, 2.45) is 17.8 Å². The van der Waals surface area contributed by atoms with Crippen molar-refractivity contribution in [1.29, 1.82) is 0 Å². The highest BCUT2D eigenvalue weighted by molar-refractivity contribution is 6.67. The standard InChI is InChI=1S/C24H30Cl3NO5/c25-23(26,27)15-32-22(30)28-13-16-7-6-8-17(14-28)20(16)33-21(29)24(31,19-11-4-5-12-19)18-9-2-1-3-10-18/h1-3,9-10,16-17,19-20,31H,4-8,11-15H2/t16-,17+,20?,24-/m1/s1. The number of carbonyl (C=O) groups excluding carboxylic acids is 2. The van der Waals surface area contributed by atoms with Crippen LogP contribution in [-0.2, 0) is 19.9 Å². The van der Waals surface area contributed by atoms with Gasteiger partial charge in [0.25, 0.3) is 0 Å². The summed E-state index contributed by atoms with van der Waals surface area (Å²) in [5.74, 6) is -0.783. The van der Waals surface area contributed by atoms with Gasteiger partial charge >= 0.3 is 12.1 Å². The molecule has 1 amide bonds. The van der Waals surface area contributed by atoms with E-state index in [1.54, 1.807) is 17.0 Å². The smallest absolute Gasteiger partial charge is 0.409 e. The van der Waals surface area contributed by atoms with Gasteiger partial charge in [-0.05, 0) is 31.2 Å². The summed E-state index contributed by atoms with van der Waals surface area (Å²) in [5, 5.41) is 11.7. The molecule has 0 spiro atoms. The van der Waals surface area contributed by atoms with Crippen LogP contribution in [0.15, 0.2) is 30.3 Å². The Hall–Kier alpha value is -1.21. The summed E-state index contributed by atoms with van der Waals surface area (Å²) in [6, 6.07) is 9.12. The van der Waals surface area contributed by atoms with Gasteiger partial charge in [-0.2, -0.15) is 0 Å². The highest BCUT2D eigenvalue weighted by atomic mass is 35.6. The zero-order valence-corrected chi connectivity index (χ0v) is 20.7. The number of carbonyl (C=O) groups is 2. The molecule has 0 radical (unpaired) electrons. The largest absolute Gasteiger partial charge is 0.459 e. The van der Waals surface area contributed by atoms with Gasteiger partial charge in [0.1, 0.15) is 12.7 Å². The molecule has 0 aromatic heterocycles. The minimum absolute atomic E-state index is 0.0228. The van der Waals surface area contributed by atoms with E-state index in [-0.39, 0.29) is 30.5 Å². The second-order valence-corrected chi connectivity index (χ2v) is 12.0. The van der Waals surface area contributed by atoms with Crippen molar-refractivity contribution in [2.75, 3.05) is 19.7 Å². The Bertz CT molecular complexity index is 828. The molecule has 33 heavy (non-hydrogen) atoms. The van der Waals surface area contributed by atoms with E-state index in [1.165, 1.54) is 0 Å². The molecular formula is C24H30Cl3NO5. The molecule has 1 heterocycles. The normalized spacial score (nSPS) is 27.6. The molecule has 2 saturated carbocycles. The van der Waals surface area contributed by atoms with Gasteiger partial charge in [-0.1, -0.05) is 84.4 Å². The van der Waals surface area contributed by atoms with Crippen LogP contribution in [0.3, 0.4) is 0 Å². The fourth-order valence-corrected chi connectivity index (χ4v) is 5.90. The fraction of sp³-hybridized carbons (Fsp3) is 0.667. The van der Waals surface area contributed by atoms with Crippen LogP contribution in [0.1, 0.15) is 50.5 Å². The Morgan fingerprint density at radius 1 is 0.970 bits per heavy atom. The Balaban J connectivity index is 1.48. The van der Waals surface area contributed by atoms with E-state index in [2.05, 4.69) is 0 Å². The SMILES string of the molecule is O=C(OCC(Cl)(Cl)Cl)N1C[C@H]2CCC[C@@H](C1)C2OC(=O)[C@@](O)(c1ccccc1)C1CCCC1. The third-order valence-corrected chi connectivity index (χ3v) is 7.65. The quantitative estimate of drug-likeness (QED) is 0.427. The zero-order chi connectivity index (χ0) is 23.6. The molecule has 1 unspecified atom stereocenters. The number of aliphatic hydroxyl groups is 1. The summed E-state index contributed by atoms with van der Waals surface area (Å²) in [7, 11) is 0. The van der Waals surface area contributed by atoms with E-state index < -0.39 is 21.5 Å². The van der Waals surface area contributed by atoms with Crippen molar-refractivity contribution in [3.63, 3.8) is 0 Å². The molecular weight excluding hydrogens is 489 g/mol. The van der Waals surface area contributed by atoms with E-state index in [0.29, 0.717) is 18.7 Å². The second kappa shape index (κ2) is 10.2. The molecule has 6 nitrogen and oxygen atoms in total. The van der Waals surface area contributed by atoms with Gasteiger partial charge < -0.3 is 19.5 Å². The minimum atomic E-state index is -1.67. The predicted molar refractivity (Wildman–Crippen MR) is 126 cm³/mol. The van der Waals surface area contributed by atoms with Crippen molar-refractivity contribution in [1.82, 2.24) is 4.90 Å². The lowest BCUT2D eigenvalue weighted by molar-refractivity contribution is -0.191. The topological polar surface area (TPSA) is 76.1 Å². The molecule has 1 saturated heterocycles. The molecule has 1 aromatic carbocycles. The third kappa shape index (κ3) is 5.55. The first-order valence-electron chi connectivity index (χ1n) is 11.7.